The van der Waals surface area contributed by atoms with Gasteiger partial charge in [0.1, 0.15) is 0 Å². The minimum Gasteiger partial charge on any atom is -0.392 e. The Hall–Kier alpha value is -0.900. The van der Waals surface area contributed by atoms with Gasteiger partial charge in [0.2, 0.25) is 0 Å². The molecule has 1 heterocycles. The summed E-state index contributed by atoms with van der Waals surface area (Å²) in [7, 11) is 0. The number of rotatable bonds is 4. The molecule has 0 saturated carbocycles. The van der Waals surface area contributed by atoms with E-state index >= 15 is 0 Å². The molecule has 102 valence electrons. The summed E-state index contributed by atoms with van der Waals surface area (Å²) in [6.45, 7) is 9.72. The standard InChI is InChI=1S/C15H24O3/c1-12(8-9-16)6-5-7-13(2)14-17-10-15(3,4)11-18-14/h5-8,14,16H,9-11H2,1-4H3/b6-5+,12-8+,13-7+. The van der Waals surface area contributed by atoms with Gasteiger partial charge in [0.05, 0.1) is 19.8 Å². The largest absolute Gasteiger partial charge is 0.392 e. The molecule has 0 bridgehead atoms. The first-order valence-corrected chi connectivity index (χ1v) is 6.30. The van der Waals surface area contributed by atoms with Gasteiger partial charge in [0, 0.05) is 5.41 Å². The second-order valence-electron chi connectivity index (χ2n) is 5.52. The van der Waals surface area contributed by atoms with Gasteiger partial charge in [-0.3, -0.25) is 0 Å². The molecule has 0 aromatic rings. The first-order chi connectivity index (χ1) is 8.44. The minimum absolute atomic E-state index is 0.0722. The van der Waals surface area contributed by atoms with Crippen LogP contribution in [0, 0.1) is 5.41 Å². The normalized spacial score (nSPS) is 22.7. The zero-order valence-corrected chi connectivity index (χ0v) is 11.8. The Kier molecular flexibility index (Phi) is 5.79. The molecule has 0 aromatic heterocycles. The Morgan fingerprint density at radius 2 is 1.89 bits per heavy atom. The van der Waals surface area contributed by atoms with Gasteiger partial charge in [-0.2, -0.15) is 0 Å². The van der Waals surface area contributed by atoms with Crippen LogP contribution in [0.25, 0.3) is 0 Å². The predicted octanol–water partition coefficient (Wildman–Crippen LogP) is 2.83. The number of ether oxygens (including phenoxy) is 2. The van der Waals surface area contributed by atoms with E-state index in [-0.39, 0.29) is 18.3 Å². The van der Waals surface area contributed by atoms with Crippen molar-refractivity contribution in [2.24, 2.45) is 5.41 Å². The third kappa shape index (κ3) is 5.17. The Balaban J connectivity index is 2.50. The fourth-order valence-electron chi connectivity index (χ4n) is 1.60. The molecule has 1 saturated heterocycles. The van der Waals surface area contributed by atoms with Gasteiger partial charge in [-0.1, -0.05) is 43.7 Å². The van der Waals surface area contributed by atoms with Crippen molar-refractivity contribution in [2.45, 2.75) is 34.0 Å². The summed E-state index contributed by atoms with van der Waals surface area (Å²) in [5.74, 6) is 0. The van der Waals surface area contributed by atoms with E-state index in [1.54, 1.807) is 6.08 Å². The molecule has 1 aliphatic heterocycles. The second-order valence-corrected chi connectivity index (χ2v) is 5.52. The monoisotopic (exact) mass is 252 g/mol. The van der Waals surface area contributed by atoms with E-state index in [4.69, 9.17) is 14.6 Å². The number of hydrogen-bond donors (Lipinski definition) is 1. The summed E-state index contributed by atoms with van der Waals surface area (Å²) in [5, 5.41) is 8.73. The zero-order chi connectivity index (χ0) is 13.6. The highest BCUT2D eigenvalue weighted by Gasteiger charge is 2.28. The summed E-state index contributed by atoms with van der Waals surface area (Å²) in [5.41, 5.74) is 2.19. The number of allylic oxidation sites excluding steroid dienone is 4. The molecule has 0 spiro atoms. The Bertz CT molecular complexity index is 341. The molecule has 0 unspecified atom stereocenters. The molecule has 1 fully saturated rings. The topological polar surface area (TPSA) is 38.7 Å². The fourth-order valence-corrected chi connectivity index (χ4v) is 1.60. The predicted molar refractivity (Wildman–Crippen MR) is 73.2 cm³/mol. The SMILES string of the molecule is CC(/C=C/C=C(\C)C1OCC(C)(C)CO1)=C\CO. The molecule has 1 N–H and O–H groups in total. The van der Waals surface area contributed by atoms with Crippen LogP contribution in [0.1, 0.15) is 27.7 Å². The van der Waals surface area contributed by atoms with Crippen molar-refractivity contribution < 1.29 is 14.6 Å². The van der Waals surface area contributed by atoms with Crippen molar-refractivity contribution in [1.82, 2.24) is 0 Å². The highest BCUT2D eigenvalue weighted by atomic mass is 16.7. The van der Waals surface area contributed by atoms with E-state index < -0.39 is 0 Å². The van der Waals surface area contributed by atoms with Crippen molar-refractivity contribution in [3.05, 3.63) is 35.5 Å². The van der Waals surface area contributed by atoms with Gasteiger partial charge in [-0.15, -0.1) is 0 Å². The molecular formula is C15H24O3. The summed E-state index contributed by atoms with van der Waals surface area (Å²) in [4.78, 5) is 0. The Morgan fingerprint density at radius 3 is 2.44 bits per heavy atom. The van der Waals surface area contributed by atoms with Crippen LogP contribution in [0.3, 0.4) is 0 Å². The highest BCUT2D eigenvalue weighted by Crippen LogP contribution is 2.25. The van der Waals surface area contributed by atoms with Crippen molar-refractivity contribution in [2.75, 3.05) is 19.8 Å². The molecule has 3 nitrogen and oxygen atoms in total. The van der Waals surface area contributed by atoms with Crippen LogP contribution in [-0.2, 0) is 9.47 Å². The Morgan fingerprint density at radius 1 is 1.28 bits per heavy atom. The number of aliphatic hydroxyl groups is 1. The average Bonchev–Trinajstić information content (AvgIpc) is 2.29. The molecule has 1 aliphatic rings. The molecule has 0 aliphatic carbocycles. The average molecular weight is 252 g/mol. The highest BCUT2D eigenvalue weighted by molar-refractivity contribution is 5.22. The lowest BCUT2D eigenvalue weighted by atomic mass is 9.95. The summed E-state index contributed by atoms with van der Waals surface area (Å²) >= 11 is 0. The lowest BCUT2D eigenvalue weighted by Crippen LogP contribution is -2.38. The maximum atomic E-state index is 8.73. The lowest BCUT2D eigenvalue weighted by molar-refractivity contribution is -0.202. The molecule has 0 radical (unpaired) electrons. The Labute approximate surface area is 110 Å². The maximum absolute atomic E-state index is 8.73. The van der Waals surface area contributed by atoms with Crippen LogP contribution in [0.2, 0.25) is 0 Å². The van der Waals surface area contributed by atoms with E-state index in [9.17, 15) is 0 Å². The third-order valence-electron chi connectivity index (χ3n) is 2.75. The van der Waals surface area contributed by atoms with Crippen LogP contribution < -0.4 is 0 Å². The van der Waals surface area contributed by atoms with Gasteiger partial charge in [0.25, 0.3) is 0 Å². The third-order valence-corrected chi connectivity index (χ3v) is 2.75. The zero-order valence-electron chi connectivity index (χ0n) is 11.8. The van der Waals surface area contributed by atoms with Gasteiger partial charge < -0.3 is 14.6 Å². The van der Waals surface area contributed by atoms with E-state index in [1.807, 2.05) is 32.1 Å². The quantitative estimate of drug-likeness (QED) is 0.782. The molecule has 1 rings (SSSR count). The molecule has 18 heavy (non-hydrogen) atoms. The van der Waals surface area contributed by atoms with Gasteiger partial charge in [0.15, 0.2) is 6.29 Å². The van der Waals surface area contributed by atoms with Gasteiger partial charge >= 0.3 is 0 Å². The van der Waals surface area contributed by atoms with E-state index in [1.165, 1.54) is 0 Å². The van der Waals surface area contributed by atoms with Crippen LogP contribution in [0.15, 0.2) is 35.5 Å². The summed E-state index contributed by atoms with van der Waals surface area (Å²) in [6.07, 6.45) is 7.41. The number of aliphatic hydroxyl groups excluding tert-OH is 1. The van der Waals surface area contributed by atoms with E-state index in [0.717, 1.165) is 24.4 Å². The molecule has 0 aromatic carbocycles. The lowest BCUT2D eigenvalue weighted by Gasteiger charge is -2.34. The smallest absolute Gasteiger partial charge is 0.179 e. The van der Waals surface area contributed by atoms with Crippen LogP contribution in [0.5, 0.6) is 0 Å². The summed E-state index contributed by atoms with van der Waals surface area (Å²) in [6, 6.07) is 0. The van der Waals surface area contributed by atoms with Crippen LogP contribution in [-0.4, -0.2) is 31.2 Å². The first-order valence-electron chi connectivity index (χ1n) is 6.30. The van der Waals surface area contributed by atoms with E-state index in [2.05, 4.69) is 13.8 Å². The van der Waals surface area contributed by atoms with Crippen molar-refractivity contribution in [1.29, 1.82) is 0 Å². The minimum atomic E-state index is -0.232. The van der Waals surface area contributed by atoms with E-state index in [0.29, 0.717) is 0 Å². The molecule has 3 heteroatoms. The molecule has 0 amide bonds. The van der Waals surface area contributed by atoms with Gasteiger partial charge in [-0.25, -0.2) is 0 Å². The molecular weight excluding hydrogens is 228 g/mol. The first kappa shape index (κ1) is 15.2. The number of hydrogen-bond acceptors (Lipinski definition) is 3. The van der Waals surface area contributed by atoms with Crippen LogP contribution >= 0.6 is 0 Å². The van der Waals surface area contributed by atoms with Gasteiger partial charge in [-0.05, 0) is 19.4 Å². The molecule has 0 atom stereocenters. The van der Waals surface area contributed by atoms with Crippen molar-refractivity contribution >= 4 is 0 Å². The van der Waals surface area contributed by atoms with Crippen LogP contribution in [0.4, 0.5) is 0 Å². The fraction of sp³-hybridized carbons (Fsp3) is 0.600. The summed E-state index contributed by atoms with van der Waals surface area (Å²) < 4.78 is 11.4. The van der Waals surface area contributed by atoms with Crippen molar-refractivity contribution in [3.8, 4) is 0 Å². The maximum Gasteiger partial charge on any atom is 0.179 e. The van der Waals surface area contributed by atoms with Crippen molar-refractivity contribution in [3.63, 3.8) is 0 Å². The second kappa shape index (κ2) is 6.88.